The summed E-state index contributed by atoms with van der Waals surface area (Å²) in [5.41, 5.74) is 3.14. The van der Waals surface area contributed by atoms with E-state index >= 15 is 0 Å². The van der Waals surface area contributed by atoms with Crippen LogP contribution in [0.2, 0.25) is 0 Å². The Morgan fingerprint density at radius 3 is 2.22 bits per heavy atom. The van der Waals surface area contributed by atoms with Gasteiger partial charge >= 0.3 is 11.9 Å². The number of hydrogen-bond acceptors (Lipinski definition) is 3. The molecular formula is C13H17NO4. The molecule has 0 aliphatic carbocycles. The molecule has 1 aromatic carbocycles. The minimum absolute atomic E-state index is 0.612. The normalized spacial score (nSPS) is 10.1. The van der Waals surface area contributed by atoms with Gasteiger partial charge in [-0.2, -0.15) is 0 Å². The van der Waals surface area contributed by atoms with Gasteiger partial charge in [-0.05, 0) is 43.5 Å². The molecule has 98 valence electrons. The summed E-state index contributed by atoms with van der Waals surface area (Å²) < 4.78 is 5.23. The van der Waals surface area contributed by atoms with E-state index in [9.17, 15) is 9.59 Å². The number of carboxylic acid groups (broad SMARTS) is 1. The number of hydrogen-bond donors (Lipinski definition) is 1. The molecule has 0 radical (unpaired) electrons. The van der Waals surface area contributed by atoms with Crippen molar-refractivity contribution in [2.75, 3.05) is 19.1 Å². The Bertz CT molecular complexity index is 508. The van der Waals surface area contributed by atoms with Gasteiger partial charge in [-0.15, -0.1) is 0 Å². The Labute approximate surface area is 106 Å². The van der Waals surface area contributed by atoms with Gasteiger partial charge in [-0.25, -0.2) is 4.79 Å². The van der Waals surface area contributed by atoms with Crippen LogP contribution in [0.5, 0.6) is 5.75 Å². The molecule has 0 spiro atoms. The summed E-state index contributed by atoms with van der Waals surface area (Å²) in [4.78, 5) is 23.4. The van der Waals surface area contributed by atoms with Gasteiger partial charge in [0.15, 0.2) is 0 Å². The van der Waals surface area contributed by atoms with E-state index in [1.54, 1.807) is 13.2 Å². The molecule has 0 bridgehead atoms. The zero-order valence-corrected chi connectivity index (χ0v) is 11.2. The third kappa shape index (κ3) is 2.30. The van der Waals surface area contributed by atoms with Crippen LogP contribution < -0.4 is 9.64 Å². The number of rotatable bonds is 2. The monoisotopic (exact) mass is 251 g/mol. The number of carbonyl (C=O) groups is 2. The minimum Gasteiger partial charge on any atom is -0.496 e. The summed E-state index contributed by atoms with van der Waals surface area (Å²) >= 11 is 0. The summed E-state index contributed by atoms with van der Waals surface area (Å²) in [6, 6.07) is 1.79. The van der Waals surface area contributed by atoms with Gasteiger partial charge in [0, 0.05) is 7.05 Å². The summed E-state index contributed by atoms with van der Waals surface area (Å²) in [5, 5.41) is 8.75. The Hall–Kier alpha value is -2.04. The molecule has 0 saturated carbocycles. The SMILES string of the molecule is COc1cc(C)c(N(C)C(=O)C(=O)O)c(C)c1C. The smallest absolute Gasteiger partial charge is 0.394 e. The largest absolute Gasteiger partial charge is 0.496 e. The van der Waals surface area contributed by atoms with E-state index in [0.717, 1.165) is 27.3 Å². The Morgan fingerprint density at radius 2 is 1.78 bits per heavy atom. The number of methoxy groups -OCH3 is 1. The Kier molecular flexibility index (Phi) is 3.96. The average Bonchev–Trinajstić information content (AvgIpc) is 2.32. The lowest BCUT2D eigenvalue weighted by atomic mass is 10.0. The van der Waals surface area contributed by atoms with E-state index in [-0.39, 0.29) is 0 Å². The van der Waals surface area contributed by atoms with Crippen LogP contribution in [0.25, 0.3) is 0 Å². The van der Waals surface area contributed by atoms with Crippen LogP contribution in [0.4, 0.5) is 5.69 Å². The maximum atomic E-state index is 11.5. The number of carbonyl (C=O) groups excluding carboxylic acids is 1. The second kappa shape index (κ2) is 5.08. The number of aliphatic carboxylic acids is 1. The van der Waals surface area contributed by atoms with Crippen molar-refractivity contribution in [1.29, 1.82) is 0 Å². The molecule has 1 aromatic rings. The molecule has 0 atom stereocenters. The second-order valence-electron chi connectivity index (χ2n) is 4.16. The van der Waals surface area contributed by atoms with E-state index in [0.29, 0.717) is 5.69 Å². The van der Waals surface area contributed by atoms with Crippen molar-refractivity contribution in [3.63, 3.8) is 0 Å². The third-order valence-corrected chi connectivity index (χ3v) is 3.05. The Morgan fingerprint density at radius 1 is 1.22 bits per heavy atom. The van der Waals surface area contributed by atoms with Crippen LogP contribution in [0, 0.1) is 20.8 Å². The topological polar surface area (TPSA) is 66.8 Å². The van der Waals surface area contributed by atoms with E-state index in [4.69, 9.17) is 9.84 Å². The number of benzene rings is 1. The molecule has 0 fully saturated rings. The van der Waals surface area contributed by atoms with E-state index in [2.05, 4.69) is 0 Å². The fraction of sp³-hybridized carbons (Fsp3) is 0.385. The van der Waals surface area contributed by atoms with E-state index in [1.165, 1.54) is 7.05 Å². The highest BCUT2D eigenvalue weighted by atomic mass is 16.5. The summed E-state index contributed by atoms with van der Waals surface area (Å²) in [6.07, 6.45) is 0. The highest BCUT2D eigenvalue weighted by molar-refractivity contribution is 6.37. The zero-order chi connectivity index (χ0) is 14.0. The molecule has 1 N–H and O–H groups in total. The number of aryl methyl sites for hydroxylation is 1. The molecule has 1 amide bonds. The Balaban J connectivity index is 3.38. The third-order valence-electron chi connectivity index (χ3n) is 3.05. The summed E-state index contributed by atoms with van der Waals surface area (Å²) in [7, 11) is 3.03. The first-order valence-corrected chi connectivity index (χ1v) is 5.47. The van der Waals surface area contributed by atoms with Crippen molar-refractivity contribution < 1.29 is 19.4 Å². The molecular weight excluding hydrogens is 234 g/mol. The summed E-state index contributed by atoms with van der Waals surface area (Å²) in [6.45, 7) is 5.53. The van der Waals surface area contributed by atoms with Gasteiger partial charge in [-0.1, -0.05) is 0 Å². The van der Waals surface area contributed by atoms with Gasteiger partial charge < -0.3 is 14.7 Å². The molecule has 0 aliphatic rings. The van der Waals surface area contributed by atoms with Crippen LogP contribution in [0.1, 0.15) is 16.7 Å². The maximum Gasteiger partial charge on any atom is 0.394 e. The van der Waals surface area contributed by atoms with E-state index in [1.807, 2.05) is 20.8 Å². The number of ether oxygens (including phenoxy) is 1. The highest BCUT2D eigenvalue weighted by Crippen LogP contribution is 2.33. The van der Waals surface area contributed by atoms with Crippen LogP contribution in [0.3, 0.4) is 0 Å². The zero-order valence-electron chi connectivity index (χ0n) is 11.2. The standard InChI is InChI=1S/C13H17NO4/c1-7-6-10(18-5)8(2)9(3)11(7)14(4)12(15)13(16)17/h6H,1-5H3,(H,16,17). The van der Waals surface area contributed by atoms with Crippen molar-refractivity contribution in [3.8, 4) is 5.75 Å². The van der Waals surface area contributed by atoms with Crippen molar-refractivity contribution in [2.24, 2.45) is 0 Å². The van der Waals surface area contributed by atoms with Gasteiger partial charge in [0.1, 0.15) is 5.75 Å². The van der Waals surface area contributed by atoms with Crippen molar-refractivity contribution in [3.05, 3.63) is 22.8 Å². The molecule has 0 saturated heterocycles. The van der Waals surface area contributed by atoms with Crippen LogP contribution in [-0.4, -0.2) is 31.1 Å². The second-order valence-corrected chi connectivity index (χ2v) is 4.16. The fourth-order valence-electron chi connectivity index (χ4n) is 2.00. The predicted molar refractivity (Wildman–Crippen MR) is 68.3 cm³/mol. The summed E-state index contributed by atoms with van der Waals surface area (Å²) in [5.74, 6) is -1.69. The molecule has 5 heteroatoms. The quantitative estimate of drug-likeness (QED) is 0.812. The number of amides is 1. The average molecular weight is 251 g/mol. The molecule has 0 heterocycles. The van der Waals surface area contributed by atoms with Gasteiger partial charge in [0.2, 0.25) is 0 Å². The highest BCUT2D eigenvalue weighted by Gasteiger charge is 2.23. The molecule has 1 rings (SSSR count). The lowest BCUT2D eigenvalue weighted by Crippen LogP contribution is -2.34. The molecule has 0 aromatic heterocycles. The lowest BCUT2D eigenvalue weighted by Gasteiger charge is -2.22. The molecule has 0 aliphatic heterocycles. The number of anilines is 1. The number of likely N-dealkylation sites (N-methyl/N-ethyl adjacent to an activating group) is 1. The fourth-order valence-corrected chi connectivity index (χ4v) is 2.00. The number of nitrogens with zero attached hydrogens (tertiary/aromatic N) is 1. The molecule has 0 unspecified atom stereocenters. The van der Waals surface area contributed by atoms with E-state index < -0.39 is 11.9 Å². The number of carboxylic acids is 1. The first-order chi connectivity index (χ1) is 8.31. The van der Waals surface area contributed by atoms with Crippen molar-refractivity contribution >= 4 is 17.6 Å². The van der Waals surface area contributed by atoms with Gasteiger partial charge in [0.25, 0.3) is 0 Å². The van der Waals surface area contributed by atoms with Crippen molar-refractivity contribution in [2.45, 2.75) is 20.8 Å². The van der Waals surface area contributed by atoms with Gasteiger partial charge in [-0.3, -0.25) is 4.79 Å². The lowest BCUT2D eigenvalue weighted by molar-refractivity contribution is -0.148. The van der Waals surface area contributed by atoms with Gasteiger partial charge in [0.05, 0.1) is 12.8 Å². The first-order valence-electron chi connectivity index (χ1n) is 5.47. The van der Waals surface area contributed by atoms with Crippen molar-refractivity contribution in [1.82, 2.24) is 0 Å². The predicted octanol–water partition coefficient (Wildman–Crippen LogP) is 1.67. The van der Waals surface area contributed by atoms with Crippen LogP contribution in [0.15, 0.2) is 6.07 Å². The molecule has 18 heavy (non-hydrogen) atoms. The van der Waals surface area contributed by atoms with Crippen LogP contribution >= 0.6 is 0 Å². The first kappa shape index (κ1) is 14.0. The maximum absolute atomic E-state index is 11.5. The minimum atomic E-state index is -1.47. The molecule has 5 nitrogen and oxygen atoms in total. The van der Waals surface area contributed by atoms with Crippen LogP contribution in [-0.2, 0) is 9.59 Å².